The summed E-state index contributed by atoms with van der Waals surface area (Å²) in [5.41, 5.74) is 1.34. The fourth-order valence-corrected chi connectivity index (χ4v) is 3.45. The van der Waals surface area contributed by atoms with E-state index in [0.29, 0.717) is 5.56 Å². The Morgan fingerprint density at radius 3 is 2.17 bits per heavy atom. The average Bonchev–Trinajstić information content (AvgIpc) is 2.75. The Morgan fingerprint density at radius 1 is 0.900 bits per heavy atom. The van der Waals surface area contributed by atoms with Crippen LogP contribution in [0.2, 0.25) is 0 Å². The van der Waals surface area contributed by atoms with Crippen LogP contribution in [0.1, 0.15) is 26.3 Å². The molecule has 160 valence electrons. The molecule has 2 aromatic carbocycles. The quantitative estimate of drug-likeness (QED) is 0.555. The SMILES string of the molecule is CNC(=O)c1cccc(CNC(=O)CNC(=O)c2cccc(S(=O)(=O)N(C)C)c2)c1. The smallest absolute Gasteiger partial charge is 0.251 e. The number of sulfonamides is 1. The molecule has 0 fully saturated rings. The molecular weight excluding hydrogens is 408 g/mol. The number of nitrogens with zero attached hydrogens (tertiary/aromatic N) is 1. The van der Waals surface area contributed by atoms with Crippen molar-refractivity contribution in [2.45, 2.75) is 11.4 Å². The molecule has 0 aliphatic carbocycles. The minimum absolute atomic E-state index is 0.0133. The zero-order valence-corrected chi connectivity index (χ0v) is 17.7. The molecule has 2 rings (SSSR count). The molecule has 0 unspecified atom stereocenters. The summed E-state index contributed by atoms with van der Waals surface area (Å²) in [6, 6.07) is 12.4. The van der Waals surface area contributed by atoms with E-state index < -0.39 is 21.8 Å². The number of rotatable bonds is 8. The van der Waals surface area contributed by atoms with Crippen LogP contribution in [-0.2, 0) is 21.4 Å². The Hall–Kier alpha value is -3.24. The molecule has 10 heteroatoms. The Morgan fingerprint density at radius 2 is 1.53 bits per heavy atom. The molecule has 0 bridgehead atoms. The topological polar surface area (TPSA) is 125 Å². The second kappa shape index (κ2) is 9.99. The Kier molecular flexibility index (Phi) is 7.67. The van der Waals surface area contributed by atoms with Crippen LogP contribution in [0.4, 0.5) is 0 Å². The van der Waals surface area contributed by atoms with Crippen LogP contribution in [0, 0.1) is 0 Å². The monoisotopic (exact) mass is 432 g/mol. The number of nitrogens with one attached hydrogen (secondary N) is 3. The van der Waals surface area contributed by atoms with E-state index in [4.69, 9.17) is 0 Å². The van der Waals surface area contributed by atoms with Crippen molar-refractivity contribution in [3.63, 3.8) is 0 Å². The molecule has 0 atom stereocenters. The van der Waals surface area contributed by atoms with E-state index in [1.165, 1.54) is 45.4 Å². The number of amides is 3. The third-order valence-electron chi connectivity index (χ3n) is 4.19. The molecule has 30 heavy (non-hydrogen) atoms. The maximum atomic E-state index is 12.3. The lowest BCUT2D eigenvalue weighted by atomic mass is 10.1. The summed E-state index contributed by atoms with van der Waals surface area (Å²) in [6.45, 7) is -0.0886. The van der Waals surface area contributed by atoms with Crippen molar-refractivity contribution in [1.82, 2.24) is 20.3 Å². The van der Waals surface area contributed by atoms with Gasteiger partial charge < -0.3 is 16.0 Å². The largest absolute Gasteiger partial charge is 0.355 e. The second-order valence-corrected chi connectivity index (χ2v) is 8.71. The first-order chi connectivity index (χ1) is 14.1. The van der Waals surface area contributed by atoms with Crippen LogP contribution < -0.4 is 16.0 Å². The molecule has 3 amide bonds. The normalized spacial score (nSPS) is 11.1. The first kappa shape index (κ1) is 23.0. The zero-order valence-electron chi connectivity index (χ0n) is 16.9. The van der Waals surface area contributed by atoms with Gasteiger partial charge in [-0.25, -0.2) is 12.7 Å². The van der Waals surface area contributed by atoms with E-state index in [0.717, 1.165) is 9.87 Å². The molecule has 0 aromatic heterocycles. The van der Waals surface area contributed by atoms with Crippen LogP contribution in [-0.4, -0.2) is 58.1 Å². The summed E-state index contributed by atoms with van der Waals surface area (Å²) in [6.07, 6.45) is 0. The third-order valence-corrected chi connectivity index (χ3v) is 6.00. The van der Waals surface area contributed by atoms with Gasteiger partial charge in [0.25, 0.3) is 11.8 Å². The Labute approximate surface area is 175 Å². The summed E-state index contributed by atoms with van der Waals surface area (Å²) in [5, 5.41) is 7.64. The molecule has 9 nitrogen and oxygen atoms in total. The lowest BCUT2D eigenvalue weighted by molar-refractivity contribution is -0.120. The highest BCUT2D eigenvalue weighted by Crippen LogP contribution is 2.14. The minimum atomic E-state index is -3.67. The maximum absolute atomic E-state index is 12.3. The molecule has 0 saturated carbocycles. The summed E-state index contributed by atoms with van der Waals surface area (Å²) in [7, 11) is 0.662. The van der Waals surface area contributed by atoms with Gasteiger partial charge in [0.05, 0.1) is 11.4 Å². The van der Waals surface area contributed by atoms with E-state index in [2.05, 4.69) is 16.0 Å². The van der Waals surface area contributed by atoms with Gasteiger partial charge in [-0.2, -0.15) is 0 Å². The molecule has 0 aliphatic heterocycles. The molecular formula is C20H24N4O5S. The van der Waals surface area contributed by atoms with Crippen molar-refractivity contribution < 1.29 is 22.8 Å². The number of carbonyl (C=O) groups excluding carboxylic acids is 3. The molecule has 0 heterocycles. The van der Waals surface area contributed by atoms with E-state index in [1.807, 2.05) is 0 Å². The van der Waals surface area contributed by atoms with Gasteiger partial charge in [-0.3, -0.25) is 14.4 Å². The predicted molar refractivity (Wildman–Crippen MR) is 111 cm³/mol. The van der Waals surface area contributed by atoms with Crippen molar-refractivity contribution in [2.75, 3.05) is 27.7 Å². The first-order valence-corrected chi connectivity index (χ1v) is 10.5. The summed E-state index contributed by atoms with van der Waals surface area (Å²) < 4.78 is 25.4. The van der Waals surface area contributed by atoms with E-state index in [9.17, 15) is 22.8 Å². The number of hydrogen-bond donors (Lipinski definition) is 3. The molecule has 0 aliphatic rings. The fraction of sp³-hybridized carbons (Fsp3) is 0.250. The van der Waals surface area contributed by atoms with Gasteiger partial charge in [-0.05, 0) is 35.9 Å². The highest BCUT2D eigenvalue weighted by Gasteiger charge is 2.19. The van der Waals surface area contributed by atoms with Crippen molar-refractivity contribution in [2.24, 2.45) is 0 Å². The number of hydrogen-bond acceptors (Lipinski definition) is 5. The number of carbonyl (C=O) groups is 3. The van der Waals surface area contributed by atoms with Crippen molar-refractivity contribution in [1.29, 1.82) is 0 Å². The molecule has 0 radical (unpaired) electrons. The van der Waals surface area contributed by atoms with Crippen molar-refractivity contribution in [3.05, 3.63) is 65.2 Å². The molecule has 3 N–H and O–H groups in total. The standard InChI is InChI=1S/C20H24N4O5S/c1-21-19(26)15-7-4-6-14(10-15)12-22-18(25)13-23-20(27)16-8-5-9-17(11-16)30(28,29)24(2)3/h4-11H,12-13H2,1-3H3,(H,21,26)(H,22,25)(H,23,27). The van der Waals surface area contributed by atoms with E-state index in [1.54, 1.807) is 24.3 Å². The fourth-order valence-electron chi connectivity index (χ4n) is 2.50. The molecule has 0 spiro atoms. The van der Waals surface area contributed by atoms with Gasteiger partial charge in [0.2, 0.25) is 15.9 Å². The third kappa shape index (κ3) is 5.88. The van der Waals surface area contributed by atoms with Crippen LogP contribution in [0.5, 0.6) is 0 Å². The van der Waals surface area contributed by atoms with Crippen LogP contribution in [0.25, 0.3) is 0 Å². The van der Waals surface area contributed by atoms with Gasteiger partial charge in [-0.15, -0.1) is 0 Å². The summed E-state index contributed by atoms with van der Waals surface area (Å²) in [4.78, 5) is 36.0. The highest BCUT2D eigenvalue weighted by atomic mass is 32.2. The zero-order chi connectivity index (χ0) is 22.3. The lowest BCUT2D eigenvalue weighted by Gasteiger charge is -2.12. The minimum Gasteiger partial charge on any atom is -0.355 e. The Bertz CT molecular complexity index is 1050. The van der Waals surface area contributed by atoms with E-state index in [-0.39, 0.29) is 29.5 Å². The van der Waals surface area contributed by atoms with Gasteiger partial charge >= 0.3 is 0 Å². The summed E-state index contributed by atoms with van der Waals surface area (Å²) >= 11 is 0. The van der Waals surface area contributed by atoms with Gasteiger partial charge in [0, 0.05) is 38.8 Å². The van der Waals surface area contributed by atoms with Gasteiger partial charge in [0.1, 0.15) is 0 Å². The van der Waals surface area contributed by atoms with Gasteiger partial charge in [-0.1, -0.05) is 18.2 Å². The van der Waals surface area contributed by atoms with Crippen LogP contribution >= 0.6 is 0 Å². The van der Waals surface area contributed by atoms with Crippen molar-refractivity contribution in [3.8, 4) is 0 Å². The molecule has 0 saturated heterocycles. The maximum Gasteiger partial charge on any atom is 0.251 e. The molecule has 2 aromatic rings. The van der Waals surface area contributed by atoms with Gasteiger partial charge in [0.15, 0.2) is 0 Å². The van der Waals surface area contributed by atoms with Crippen molar-refractivity contribution >= 4 is 27.7 Å². The predicted octanol–water partition coefficient (Wildman–Crippen LogP) is 0.343. The second-order valence-electron chi connectivity index (χ2n) is 6.55. The summed E-state index contributed by atoms with van der Waals surface area (Å²) in [5.74, 6) is -1.22. The highest BCUT2D eigenvalue weighted by molar-refractivity contribution is 7.89. The van der Waals surface area contributed by atoms with Crippen LogP contribution in [0.3, 0.4) is 0 Å². The average molecular weight is 433 g/mol. The lowest BCUT2D eigenvalue weighted by Crippen LogP contribution is -2.36. The van der Waals surface area contributed by atoms with E-state index >= 15 is 0 Å². The number of benzene rings is 2. The Balaban J connectivity index is 1.93. The van der Waals surface area contributed by atoms with Crippen LogP contribution in [0.15, 0.2) is 53.4 Å². The first-order valence-electron chi connectivity index (χ1n) is 9.03.